The predicted octanol–water partition coefficient (Wildman–Crippen LogP) is 7.84. The molecule has 1 atom stereocenters. The van der Waals surface area contributed by atoms with E-state index in [0.29, 0.717) is 0 Å². The number of rotatable bonds is 11. The number of hydrogen-bond acceptors (Lipinski definition) is 4. The summed E-state index contributed by atoms with van der Waals surface area (Å²) in [5.41, 5.74) is 4.08. The Labute approximate surface area is 209 Å². The number of fused-ring (bicyclic) bond motifs is 1. The summed E-state index contributed by atoms with van der Waals surface area (Å²) >= 11 is 0. The Bertz CT molecular complexity index is 859. The third-order valence-corrected chi connectivity index (χ3v) is 5.81. The van der Waals surface area contributed by atoms with E-state index >= 15 is 0 Å². The van der Waals surface area contributed by atoms with Gasteiger partial charge in [-0.2, -0.15) is 5.10 Å². The molecule has 1 unspecified atom stereocenters. The van der Waals surface area contributed by atoms with Crippen molar-refractivity contribution in [2.45, 2.75) is 92.9 Å². The van der Waals surface area contributed by atoms with Gasteiger partial charge in [0, 0.05) is 30.4 Å². The Balaban J connectivity index is 0.000000279. The molecule has 3 aromatic rings. The lowest BCUT2D eigenvalue weighted by molar-refractivity contribution is 0.329. The van der Waals surface area contributed by atoms with Gasteiger partial charge in [-0.1, -0.05) is 73.1 Å². The Morgan fingerprint density at radius 3 is 2.21 bits per heavy atom. The molecule has 0 aliphatic heterocycles. The van der Waals surface area contributed by atoms with Crippen LogP contribution in [0.25, 0.3) is 16.8 Å². The highest BCUT2D eigenvalue weighted by Gasteiger charge is 2.07. The molecule has 0 bridgehead atoms. The van der Waals surface area contributed by atoms with Gasteiger partial charge < -0.3 is 4.90 Å². The highest BCUT2D eigenvalue weighted by atomic mass is 15.2. The topological polar surface area (TPSA) is 46.3 Å². The second kappa shape index (κ2) is 18.1. The molecule has 5 heteroatoms. The molecular weight excluding hydrogens is 418 g/mol. The lowest BCUT2D eigenvalue weighted by Crippen LogP contribution is -2.19. The van der Waals surface area contributed by atoms with Crippen molar-refractivity contribution in [1.29, 1.82) is 0 Å². The van der Waals surface area contributed by atoms with Crippen LogP contribution in [0.4, 0.5) is 0 Å². The molecule has 3 rings (SSSR count). The second-order valence-corrected chi connectivity index (χ2v) is 9.39. The van der Waals surface area contributed by atoms with E-state index in [2.05, 4.69) is 61.6 Å². The maximum absolute atomic E-state index is 4.40. The maximum atomic E-state index is 4.40. The SMILES string of the molecule is CCCCC(C)CCC.CCCCN(C)CCC.Cc1cnc2c(-c3ccncc3)cnn2c1. The van der Waals surface area contributed by atoms with Crippen LogP contribution in [0, 0.1) is 12.8 Å². The predicted molar refractivity (Wildman–Crippen MR) is 147 cm³/mol. The monoisotopic (exact) mass is 467 g/mol. The Morgan fingerprint density at radius 2 is 1.59 bits per heavy atom. The first-order valence-electron chi connectivity index (χ1n) is 13.4. The minimum atomic E-state index is 0.872. The fourth-order valence-corrected chi connectivity index (χ4v) is 3.81. The number of aryl methyl sites for hydroxylation is 1. The van der Waals surface area contributed by atoms with Crippen molar-refractivity contribution in [2.75, 3.05) is 20.1 Å². The lowest BCUT2D eigenvalue weighted by atomic mass is 10.00. The van der Waals surface area contributed by atoms with Gasteiger partial charge in [0.05, 0.1) is 6.20 Å². The molecule has 0 amide bonds. The molecule has 0 N–H and O–H groups in total. The van der Waals surface area contributed by atoms with E-state index in [0.717, 1.165) is 28.3 Å². The first-order chi connectivity index (χ1) is 16.5. The average molecular weight is 468 g/mol. The Kier molecular flexibility index (Phi) is 15.9. The number of aromatic nitrogens is 4. The maximum Gasteiger partial charge on any atom is 0.162 e. The van der Waals surface area contributed by atoms with Crippen molar-refractivity contribution < 1.29 is 0 Å². The van der Waals surface area contributed by atoms with Gasteiger partial charge in [-0.3, -0.25) is 4.98 Å². The van der Waals surface area contributed by atoms with Gasteiger partial charge in [-0.25, -0.2) is 9.50 Å². The van der Waals surface area contributed by atoms with Crippen LogP contribution in [0.15, 0.2) is 43.1 Å². The van der Waals surface area contributed by atoms with Crippen LogP contribution >= 0.6 is 0 Å². The van der Waals surface area contributed by atoms with Gasteiger partial charge in [0.2, 0.25) is 0 Å². The molecule has 0 aliphatic carbocycles. The van der Waals surface area contributed by atoms with E-state index < -0.39 is 0 Å². The number of pyridine rings is 1. The van der Waals surface area contributed by atoms with Gasteiger partial charge in [-0.05, 0) is 69.1 Å². The molecule has 0 aliphatic rings. The summed E-state index contributed by atoms with van der Waals surface area (Å²) in [5, 5.41) is 4.29. The molecule has 34 heavy (non-hydrogen) atoms. The third kappa shape index (κ3) is 11.7. The first-order valence-corrected chi connectivity index (χ1v) is 13.4. The van der Waals surface area contributed by atoms with Gasteiger partial charge in [0.1, 0.15) is 0 Å². The summed E-state index contributed by atoms with van der Waals surface area (Å²) in [7, 11) is 2.19. The summed E-state index contributed by atoms with van der Waals surface area (Å²) in [6.45, 7) is 15.9. The van der Waals surface area contributed by atoms with Crippen molar-refractivity contribution >= 4 is 5.65 Å². The molecule has 0 saturated heterocycles. The highest BCUT2D eigenvalue weighted by molar-refractivity contribution is 5.76. The summed E-state index contributed by atoms with van der Waals surface area (Å²) in [5.74, 6) is 0.968. The van der Waals surface area contributed by atoms with Gasteiger partial charge in [0.25, 0.3) is 0 Å². The van der Waals surface area contributed by atoms with Crippen molar-refractivity contribution in [1.82, 2.24) is 24.5 Å². The summed E-state index contributed by atoms with van der Waals surface area (Å²) < 4.78 is 1.80. The van der Waals surface area contributed by atoms with Crippen molar-refractivity contribution in [3.63, 3.8) is 0 Å². The van der Waals surface area contributed by atoms with E-state index in [9.17, 15) is 0 Å². The summed E-state index contributed by atoms with van der Waals surface area (Å²) in [4.78, 5) is 10.8. The fourth-order valence-electron chi connectivity index (χ4n) is 3.81. The Hall–Kier alpha value is -2.27. The van der Waals surface area contributed by atoms with Crippen LogP contribution in [-0.4, -0.2) is 44.6 Å². The smallest absolute Gasteiger partial charge is 0.162 e. The molecule has 3 aromatic heterocycles. The zero-order chi connectivity index (χ0) is 25.2. The van der Waals surface area contributed by atoms with Gasteiger partial charge >= 0.3 is 0 Å². The van der Waals surface area contributed by atoms with Crippen molar-refractivity contribution in [2.24, 2.45) is 5.92 Å². The Morgan fingerprint density at radius 1 is 0.882 bits per heavy atom. The number of unbranched alkanes of at least 4 members (excludes halogenated alkanes) is 2. The molecule has 3 heterocycles. The first kappa shape index (κ1) is 29.8. The van der Waals surface area contributed by atoms with Gasteiger partial charge in [0.15, 0.2) is 5.65 Å². The summed E-state index contributed by atoms with van der Waals surface area (Å²) in [6, 6.07) is 3.91. The summed E-state index contributed by atoms with van der Waals surface area (Å²) in [6.07, 6.45) is 20.1. The standard InChI is InChI=1S/C12H10N4.C9H20.C8H19N/c1-9-6-14-12-11(7-15-16(12)8-9)10-2-4-13-5-3-10;2*1-4-6-8-9(3)7-5-2/h2-8H,1H3;9H,4-8H2,1-3H3;4-8H2,1-3H3. The van der Waals surface area contributed by atoms with Crippen LogP contribution in [0.2, 0.25) is 0 Å². The van der Waals surface area contributed by atoms with E-state index in [1.807, 2.05) is 37.6 Å². The van der Waals surface area contributed by atoms with Crippen LogP contribution in [0.3, 0.4) is 0 Å². The van der Waals surface area contributed by atoms with Crippen molar-refractivity contribution in [3.05, 3.63) is 48.7 Å². The van der Waals surface area contributed by atoms with Gasteiger partial charge in [-0.15, -0.1) is 0 Å². The largest absolute Gasteiger partial charge is 0.306 e. The van der Waals surface area contributed by atoms with Crippen molar-refractivity contribution in [3.8, 4) is 11.1 Å². The third-order valence-electron chi connectivity index (χ3n) is 5.81. The highest BCUT2D eigenvalue weighted by Crippen LogP contribution is 2.22. The minimum Gasteiger partial charge on any atom is -0.306 e. The molecule has 5 nitrogen and oxygen atoms in total. The number of hydrogen-bond donors (Lipinski definition) is 0. The molecule has 0 radical (unpaired) electrons. The van der Waals surface area contributed by atoms with Crippen LogP contribution < -0.4 is 0 Å². The van der Waals surface area contributed by atoms with Crippen LogP contribution in [0.5, 0.6) is 0 Å². The molecule has 0 saturated carbocycles. The van der Waals surface area contributed by atoms with E-state index in [4.69, 9.17) is 0 Å². The molecular formula is C29H49N5. The normalized spacial score (nSPS) is 11.5. The van der Waals surface area contributed by atoms with E-state index in [-0.39, 0.29) is 0 Å². The molecule has 0 spiro atoms. The lowest BCUT2D eigenvalue weighted by Gasteiger charge is -2.13. The fraction of sp³-hybridized carbons (Fsp3) is 0.621. The number of nitrogens with zero attached hydrogens (tertiary/aromatic N) is 5. The molecule has 0 aromatic carbocycles. The average Bonchev–Trinajstić information content (AvgIpc) is 3.26. The van der Waals surface area contributed by atoms with E-state index in [1.165, 1.54) is 64.5 Å². The zero-order valence-electron chi connectivity index (χ0n) is 22.9. The quantitative estimate of drug-likeness (QED) is 0.288. The molecule has 190 valence electrons. The zero-order valence-corrected chi connectivity index (χ0v) is 22.9. The van der Waals surface area contributed by atoms with Crippen LogP contribution in [0.1, 0.15) is 91.5 Å². The second-order valence-electron chi connectivity index (χ2n) is 9.39. The van der Waals surface area contributed by atoms with Crippen LogP contribution in [-0.2, 0) is 0 Å². The molecule has 0 fully saturated rings. The minimum absolute atomic E-state index is 0.872. The van der Waals surface area contributed by atoms with E-state index in [1.54, 1.807) is 16.9 Å².